The van der Waals surface area contributed by atoms with Crippen molar-refractivity contribution in [1.29, 1.82) is 0 Å². The topological polar surface area (TPSA) is 110 Å². The number of aliphatic carboxylic acids is 1. The smallest absolute Gasteiger partial charge is 0.326 e. The lowest BCUT2D eigenvalue weighted by Gasteiger charge is -2.32. The summed E-state index contributed by atoms with van der Waals surface area (Å²) in [4.78, 5) is 39.8. The van der Waals surface area contributed by atoms with Gasteiger partial charge in [0.15, 0.2) is 5.78 Å². The normalized spacial score (nSPS) is 16.7. The van der Waals surface area contributed by atoms with E-state index < -0.39 is 24.0 Å². The number of carboxylic acid groups (broad SMARTS) is 1. The fourth-order valence-electron chi connectivity index (χ4n) is 4.07. The molecule has 0 radical (unpaired) electrons. The standard InChI is InChI=1S/C25H30N2O5/c1-15(2)12-21(25(30)31)27(24(29)16(3)26)20-10-6-4-9-19(20)22(28)13-17-14-32-23-11-7-5-8-18(17)23/h4-11,15-17,21H,12-14,26H2,1-3H3,(H,30,31). The van der Waals surface area contributed by atoms with Crippen LogP contribution in [0.4, 0.5) is 5.69 Å². The van der Waals surface area contributed by atoms with E-state index in [2.05, 4.69) is 0 Å². The second-order valence-electron chi connectivity index (χ2n) is 8.67. The van der Waals surface area contributed by atoms with E-state index in [9.17, 15) is 19.5 Å². The minimum Gasteiger partial charge on any atom is -0.493 e. The SMILES string of the molecule is CC(C)CC(C(=O)O)N(C(=O)C(C)N)c1ccccc1C(=O)CC1COc2ccccc21. The van der Waals surface area contributed by atoms with Crippen LogP contribution >= 0.6 is 0 Å². The quantitative estimate of drug-likeness (QED) is 0.579. The van der Waals surface area contributed by atoms with E-state index >= 15 is 0 Å². The molecule has 32 heavy (non-hydrogen) atoms. The molecule has 1 aliphatic rings. The van der Waals surface area contributed by atoms with Crippen molar-refractivity contribution in [2.75, 3.05) is 11.5 Å². The number of hydrogen-bond donors (Lipinski definition) is 2. The highest BCUT2D eigenvalue weighted by molar-refractivity contribution is 6.09. The maximum atomic E-state index is 13.4. The third-order valence-electron chi connectivity index (χ3n) is 5.61. The first-order valence-corrected chi connectivity index (χ1v) is 10.9. The van der Waals surface area contributed by atoms with Crippen molar-refractivity contribution in [3.05, 3.63) is 59.7 Å². The fourth-order valence-corrected chi connectivity index (χ4v) is 4.07. The van der Waals surface area contributed by atoms with Crippen LogP contribution in [-0.4, -0.2) is 41.5 Å². The van der Waals surface area contributed by atoms with Crippen LogP contribution in [0.1, 0.15) is 55.5 Å². The molecule has 3 rings (SSSR count). The van der Waals surface area contributed by atoms with Crippen LogP contribution in [0.2, 0.25) is 0 Å². The highest BCUT2D eigenvalue weighted by Crippen LogP contribution is 2.37. The largest absolute Gasteiger partial charge is 0.493 e. The monoisotopic (exact) mass is 438 g/mol. The van der Waals surface area contributed by atoms with Crippen LogP contribution in [0.15, 0.2) is 48.5 Å². The molecule has 1 aliphatic heterocycles. The molecule has 0 saturated heterocycles. The number of amides is 1. The molecule has 0 aliphatic carbocycles. The average Bonchev–Trinajstić information content (AvgIpc) is 3.16. The number of fused-ring (bicyclic) bond motifs is 1. The second kappa shape index (κ2) is 9.96. The first-order chi connectivity index (χ1) is 15.2. The molecule has 0 spiro atoms. The van der Waals surface area contributed by atoms with E-state index in [1.165, 1.54) is 11.8 Å². The van der Waals surface area contributed by atoms with Gasteiger partial charge in [0.25, 0.3) is 0 Å². The summed E-state index contributed by atoms with van der Waals surface area (Å²) in [5.74, 6) is -1.15. The maximum absolute atomic E-state index is 13.4. The van der Waals surface area contributed by atoms with Crippen LogP contribution in [-0.2, 0) is 9.59 Å². The lowest BCUT2D eigenvalue weighted by atomic mass is 9.92. The molecule has 0 bridgehead atoms. The number of carboxylic acids is 1. The summed E-state index contributed by atoms with van der Waals surface area (Å²) >= 11 is 0. The maximum Gasteiger partial charge on any atom is 0.326 e. The molecule has 2 aromatic carbocycles. The summed E-state index contributed by atoms with van der Waals surface area (Å²) in [6.45, 7) is 5.69. The Bertz CT molecular complexity index is 1000. The molecule has 3 atom stereocenters. The van der Waals surface area contributed by atoms with Crippen molar-refractivity contribution in [3.8, 4) is 5.75 Å². The first kappa shape index (κ1) is 23.5. The van der Waals surface area contributed by atoms with Gasteiger partial charge in [-0.1, -0.05) is 44.2 Å². The summed E-state index contributed by atoms with van der Waals surface area (Å²) in [5, 5.41) is 9.92. The summed E-state index contributed by atoms with van der Waals surface area (Å²) in [6.07, 6.45) is 0.427. The Morgan fingerprint density at radius 1 is 1.09 bits per heavy atom. The van der Waals surface area contributed by atoms with Gasteiger partial charge in [0.05, 0.1) is 18.3 Å². The zero-order chi connectivity index (χ0) is 23.4. The first-order valence-electron chi connectivity index (χ1n) is 10.9. The molecule has 1 heterocycles. The van der Waals surface area contributed by atoms with E-state index in [1.54, 1.807) is 24.3 Å². The average molecular weight is 439 g/mol. The fraction of sp³-hybridized carbons (Fsp3) is 0.400. The number of carbonyl (C=O) groups is 3. The minimum atomic E-state index is -1.13. The van der Waals surface area contributed by atoms with Gasteiger partial charge in [-0.25, -0.2) is 4.79 Å². The number of hydrogen-bond acceptors (Lipinski definition) is 5. The molecule has 7 heteroatoms. The number of rotatable bonds is 9. The number of nitrogens with zero attached hydrogens (tertiary/aromatic N) is 1. The third-order valence-corrected chi connectivity index (χ3v) is 5.61. The molecular formula is C25H30N2O5. The Labute approximate surface area is 188 Å². The molecule has 7 nitrogen and oxygen atoms in total. The van der Waals surface area contributed by atoms with Gasteiger partial charge in [-0.3, -0.25) is 14.5 Å². The Kier molecular flexibility index (Phi) is 7.30. The Balaban J connectivity index is 1.98. The molecule has 3 unspecified atom stereocenters. The van der Waals surface area contributed by atoms with E-state index in [-0.39, 0.29) is 36.1 Å². The Morgan fingerprint density at radius 3 is 2.41 bits per heavy atom. The van der Waals surface area contributed by atoms with Crippen molar-refractivity contribution < 1.29 is 24.2 Å². The number of para-hydroxylation sites is 2. The van der Waals surface area contributed by atoms with Gasteiger partial charge in [-0.2, -0.15) is 0 Å². The number of anilines is 1. The molecule has 1 amide bonds. The molecule has 170 valence electrons. The lowest BCUT2D eigenvalue weighted by molar-refractivity contribution is -0.140. The lowest BCUT2D eigenvalue weighted by Crippen LogP contribution is -2.52. The van der Waals surface area contributed by atoms with E-state index in [0.29, 0.717) is 12.2 Å². The third kappa shape index (κ3) is 4.99. The summed E-state index contributed by atoms with van der Waals surface area (Å²) < 4.78 is 5.70. The van der Waals surface area contributed by atoms with Crippen LogP contribution < -0.4 is 15.4 Å². The van der Waals surface area contributed by atoms with Gasteiger partial charge in [0, 0.05) is 23.5 Å². The molecular weight excluding hydrogens is 408 g/mol. The van der Waals surface area contributed by atoms with Gasteiger partial charge in [0.2, 0.25) is 5.91 Å². The number of benzene rings is 2. The zero-order valence-corrected chi connectivity index (χ0v) is 18.7. The molecule has 0 saturated carbocycles. The van der Waals surface area contributed by atoms with Crippen molar-refractivity contribution in [2.24, 2.45) is 11.7 Å². The van der Waals surface area contributed by atoms with Crippen molar-refractivity contribution in [1.82, 2.24) is 0 Å². The van der Waals surface area contributed by atoms with E-state index in [0.717, 1.165) is 11.3 Å². The van der Waals surface area contributed by atoms with Crippen LogP contribution in [0, 0.1) is 5.92 Å². The highest BCUT2D eigenvalue weighted by atomic mass is 16.5. The van der Waals surface area contributed by atoms with Crippen molar-refractivity contribution in [2.45, 2.75) is 51.6 Å². The van der Waals surface area contributed by atoms with Gasteiger partial charge >= 0.3 is 5.97 Å². The van der Waals surface area contributed by atoms with Crippen molar-refractivity contribution >= 4 is 23.3 Å². The van der Waals surface area contributed by atoms with Crippen LogP contribution in [0.25, 0.3) is 0 Å². The van der Waals surface area contributed by atoms with E-state index in [4.69, 9.17) is 10.5 Å². The van der Waals surface area contributed by atoms with Crippen molar-refractivity contribution in [3.63, 3.8) is 0 Å². The summed E-state index contributed by atoms with van der Waals surface area (Å²) in [7, 11) is 0. The number of carbonyl (C=O) groups excluding carboxylic acids is 2. The number of Topliss-reactive ketones (excluding diaryl/α,β-unsaturated/α-hetero) is 1. The van der Waals surface area contributed by atoms with Crippen LogP contribution in [0.3, 0.4) is 0 Å². The predicted octanol–water partition coefficient (Wildman–Crippen LogP) is 3.62. The second-order valence-corrected chi connectivity index (χ2v) is 8.67. The van der Waals surface area contributed by atoms with E-state index in [1.807, 2.05) is 38.1 Å². The zero-order valence-electron chi connectivity index (χ0n) is 18.7. The molecule has 0 fully saturated rings. The minimum absolute atomic E-state index is 0.0227. The van der Waals surface area contributed by atoms with Gasteiger partial charge < -0.3 is 15.6 Å². The number of nitrogens with two attached hydrogens (primary N) is 1. The van der Waals surface area contributed by atoms with Gasteiger partial charge in [0.1, 0.15) is 11.8 Å². The van der Waals surface area contributed by atoms with Gasteiger partial charge in [-0.05, 0) is 37.5 Å². The van der Waals surface area contributed by atoms with Gasteiger partial charge in [-0.15, -0.1) is 0 Å². The molecule has 0 aromatic heterocycles. The summed E-state index contributed by atoms with van der Waals surface area (Å²) in [5.41, 5.74) is 7.43. The highest BCUT2D eigenvalue weighted by Gasteiger charge is 2.35. The van der Waals surface area contributed by atoms with Crippen LogP contribution in [0.5, 0.6) is 5.75 Å². The molecule has 2 aromatic rings. The summed E-state index contributed by atoms with van der Waals surface area (Å²) in [6, 6.07) is 12.2. The molecule has 3 N–H and O–H groups in total. The number of ether oxygens (including phenoxy) is 1. The Morgan fingerprint density at radius 2 is 1.75 bits per heavy atom. The number of ketones is 1. The predicted molar refractivity (Wildman–Crippen MR) is 122 cm³/mol. The Hall–Kier alpha value is -3.19.